The molecule has 0 radical (unpaired) electrons. The van der Waals surface area contributed by atoms with Gasteiger partial charge in [-0.3, -0.25) is 37.3 Å². The number of aliphatic hydroxyl groups excluding tert-OH is 1. The number of aliphatic hydroxyl groups is 1. The molecule has 0 bridgehead atoms. The van der Waals surface area contributed by atoms with Gasteiger partial charge in [-0.1, -0.05) is 283 Å². The maximum absolute atomic E-state index is 13.1. The van der Waals surface area contributed by atoms with Crippen molar-refractivity contribution < 1.29 is 80.2 Å². The molecule has 0 saturated heterocycles. The first-order valence-electron chi connectivity index (χ1n) is 41.1. The van der Waals surface area contributed by atoms with E-state index in [1.54, 1.807) is 0 Å². The minimum absolute atomic E-state index is 0.0328. The van der Waals surface area contributed by atoms with Crippen LogP contribution in [-0.2, 0) is 65.4 Å². The standard InChI is InChI=1S/C87H146O17P2/c1-5-9-13-17-21-25-29-33-36-38-40-42-45-49-52-56-60-64-68-72-85(90)98-77-82(103-86(91)73-69-65-61-57-53-47-32-28-24-20-16-12-8-4)79-101-105(93,94)99-75-81(88)76-100-106(95,96)102-80-83(78-97-84(89)71-67-63-59-55-51-48-44-35-31-27-23-19-15-11-7-3)104-87(92)74-70-66-62-58-54-50-46-43-41-39-37-34-30-26-22-18-14-10-6-2/h10,14,21-22,25-28,31-34,36-37,40-43,49-50,52,54,60,64,81-83,88H,5-9,11-13,15-20,23-24,29-30,35,38-39,44-48,51,53,55-59,61-63,65-80H2,1-4H3,(H,93,94)(H,95,96)/b14-10-,25-21-,26-22-,31-27-,32-28-,36-33-,37-34-,42-40-,43-41-,52-49-,54-50-,64-60-/t81-,82-,83-/m1/s1. The largest absolute Gasteiger partial charge is 0.472 e. The van der Waals surface area contributed by atoms with E-state index in [0.29, 0.717) is 32.1 Å². The lowest BCUT2D eigenvalue weighted by atomic mass is 10.1. The second kappa shape index (κ2) is 78.1. The summed E-state index contributed by atoms with van der Waals surface area (Å²) in [5.74, 6) is -2.32. The summed E-state index contributed by atoms with van der Waals surface area (Å²) in [5, 5.41) is 10.6. The van der Waals surface area contributed by atoms with Gasteiger partial charge >= 0.3 is 39.5 Å². The van der Waals surface area contributed by atoms with Crippen LogP contribution < -0.4 is 0 Å². The predicted octanol–water partition coefficient (Wildman–Crippen LogP) is 24.2. The van der Waals surface area contributed by atoms with Gasteiger partial charge in [0.25, 0.3) is 0 Å². The molecule has 0 aromatic carbocycles. The van der Waals surface area contributed by atoms with E-state index in [1.165, 1.54) is 77.0 Å². The SMILES string of the molecule is CC/C=C\C/C=C\C/C=C\C/C=C\C/C=C\CCCCCC(=O)O[C@H](COC(=O)CCCCCCCCC/C=C\CCCCCC)COP(=O)(O)OC[C@H](O)COP(=O)(O)OC[C@@H](COC(=O)CC/C=C\C/C=C\C/C=C\C/C=C\C/C=C\CCCCC)OC(=O)CCCCCCC/C=C\CCCCCC. The molecular formula is C87H146O17P2. The maximum Gasteiger partial charge on any atom is 0.472 e. The number of ether oxygens (including phenoxy) is 4. The molecule has 0 fully saturated rings. The van der Waals surface area contributed by atoms with E-state index in [0.717, 1.165) is 161 Å². The normalized spacial score (nSPS) is 14.6. The molecule has 106 heavy (non-hydrogen) atoms. The Labute approximate surface area is 643 Å². The maximum atomic E-state index is 13.1. The van der Waals surface area contributed by atoms with Gasteiger partial charge in [0, 0.05) is 25.7 Å². The van der Waals surface area contributed by atoms with Crippen LogP contribution in [0.25, 0.3) is 0 Å². The van der Waals surface area contributed by atoms with Crippen molar-refractivity contribution in [2.75, 3.05) is 39.6 Å². The van der Waals surface area contributed by atoms with Crippen LogP contribution in [-0.4, -0.2) is 96.7 Å². The number of unbranched alkanes of at least 4 members (excludes halogenated alkanes) is 26. The van der Waals surface area contributed by atoms with Gasteiger partial charge in [0.2, 0.25) is 0 Å². The zero-order valence-corrected chi connectivity index (χ0v) is 68.1. The Hall–Kier alpha value is -5.06. The molecule has 0 rings (SSSR count). The van der Waals surface area contributed by atoms with Crippen LogP contribution >= 0.6 is 15.6 Å². The van der Waals surface area contributed by atoms with Crippen molar-refractivity contribution in [2.24, 2.45) is 0 Å². The number of allylic oxidation sites excluding steroid dienone is 24. The summed E-state index contributed by atoms with van der Waals surface area (Å²) < 4.78 is 68.6. The topological polar surface area (TPSA) is 237 Å². The van der Waals surface area contributed by atoms with E-state index in [1.807, 2.05) is 12.2 Å². The lowest BCUT2D eigenvalue weighted by molar-refractivity contribution is -0.161. The van der Waals surface area contributed by atoms with Crippen molar-refractivity contribution in [1.82, 2.24) is 0 Å². The van der Waals surface area contributed by atoms with Gasteiger partial charge in [-0.15, -0.1) is 0 Å². The Bertz CT molecular complexity index is 2580. The molecule has 3 N–H and O–H groups in total. The Morgan fingerprint density at radius 1 is 0.274 bits per heavy atom. The molecule has 0 spiro atoms. The van der Waals surface area contributed by atoms with Crippen LogP contribution in [0.5, 0.6) is 0 Å². The summed E-state index contributed by atoms with van der Waals surface area (Å²) in [6.45, 7) is 4.58. The highest BCUT2D eigenvalue weighted by Gasteiger charge is 2.30. The fraction of sp³-hybridized carbons (Fsp3) is 0.678. The van der Waals surface area contributed by atoms with E-state index in [2.05, 4.69) is 161 Å². The van der Waals surface area contributed by atoms with Gasteiger partial charge in [-0.05, 0) is 161 Å². The van der Waals surface area contributed by atoms with Gasteiger partial charge < -0.3 is 33.8 Å². The molecule has 17 nitrogen and oxygen atoms in total. The molecule has 0 aliphatic heterocycles. The number of phosphoric ester groups is 2. The van der Waals surface area contributed by atoms with Gasteiger partial charge in [0.15, 0.2) is 12.2 Å². The van der Waals surface area contributed by atoms with Crippen LogP contribution in [0.3, 0.4) is 0 Å². The van der Waals surface area contributed by atoms with Crippen molar-refractivity contribution in [2.45, 2.75) is 341 Å². The van der Waals surface area contributed by atoms with Crippen LogP contribution in [0.2, 0.25) is 0 Å². The minimum Gasteiger partial charge on any atom is -0.462 e. The lowest BCUT2D eigenvalue weighted by Crippen LogP contribution is -2.30. The van der Waals surface area contributed by atoms with Gasteiger partial charge in [-0.2, -0.15) is 0 Å². The third-order valence-electron chi connectivity index (χ3n) is 16.8. The predicted molar refractivity (Wildman–Crippen MR) is 436 cm³/mol. The Morgan fingerprint density at radius 2 is 0.509 bits per heavy atom. The van der Waals surface area contributed by atoms with Gasteiger partial charge in [-0.25, -0.2) is 9.13 Å². The quantitative estimate of drug-likeness (QED) is 0.0169. The third kappa shape index (κ3) is 77.1. The van der Waals surface area contributed by atoms with Crippen molar-refractivity contribution in [3.63, 3.8) is 0 Å². The monoisotopic (exact) mass is 1530 g/mol. The molecule has 0 amide bonds. The van der Waals surface area contributed by atoms with Crippen LogP contribution in [0, 0.1) is 0 Å². The number of carbonyl (C=O) groups excluding carboxylic acids is 4. The first-order valence-corrected chi connectivity index (χ1v) is 44.1. The molecule has 0 saturated carbocycles. The molecule has 2 unspecified atom stereocenters. The fourth-order valence-electron chi connectivity index (χ4n) is 10.5. The minimum atomic E-state index is -5.00. The second-order valence-corrected chi connectivity index (χ2v) is 29.9. The summed E-state index contributed by atoms with van der Waals surface area (Å²) >= 11 is 0. The molecule has 19 heteroatoms. The first-order chi connectivity index (χ1) is 51.7. The summed E-state index contributed by atoms with van der Waals surface area (Å²) in [6.07, 6.45) is 89.8. The number of rotatable bonds is 76. The van der Waals surface area contributed by atoms with Crippen LogP contribution in [0.4, 0.5) is 0 Å². The molecule has 0 heterocycles. The number of hydrogen-bond acceptors (Lipinski definition) is 15. The Balaban J connectivity index is 5.46. The molecule has 0 aliphatic carbocycles. The van der Waals surface area contributed by atoms with Crippen LogP contribution in [0.15, 0.2) is 146 Å². The van der Waals surface area contributed by atoms with Gasteiger partial charge in [0.05, 0.1) is 26.4 Å². The third-order valence-corrected chi connectivity index (χ3v) is 18.7. The van der Waals surface area contributed by atoms with E-state index in [4.69, 9.17) is 37.0 Å². The summed E-state index contributed by atoms with van der Waals surface area (Å²) in [5.41, 5.74) is 0. The van der Waals surface area contributed by atoms with Crippen molar-refractivity contribution in [3.05, 3.63) is 146 Å². The Morgan fingerprint density at radius 3 is 0.849 bits per heavy atom. The van der Waals surface area contributed by atoms with Gasteiger partial charge in [0.1, 0.15) is 19.3 Å². The van der Waals surface area contributed by atoms with Crippen molar-refractivity contribution in [1.29, 1.82) is 0 Å². The highest BCUT2D eigenvalue weighted by atomic mass is 31.2. The molecule has 0 aromatic rings. The van der Waals surface area contributed by atoms with E-state index >= 15 is 0 Å². The second-order valence-electron chi connectivity index (χ2n) is 27.0. The van der Waals surface area contributed by atoms with E-state index in [9.17, 15) is 43.2 Å². The van der Waals surface area contributed by atoms with Crippen molar-refractivity contribution >= 4 is 39.5 Å². The number of carbonyl (C=O) groups is 4. The first kappa shape index (κ1) is 101. The zero-order valence-electron chi connectivity index (χ0n) is 66.3. The Kier molecular flexibility index (Phi) is 74.3. The molecule has 606 valence electrons. The average Bonchev–Trinajstić information content (AvgIpc) is 0.901. The number of esters is 4. The van der Waals surface area contributed by atoms with E-state index in [-0.39, 0.29) is 25.7 Å². The summed E-state index contributed by atoms with van der Waals surface area (Å²) in [4.78, 5) is 73.1. The summed E-state index contributed by atoms with van der Waals surface area (Å²) in [7, 11) is -10.0. The molecule has 0 aromatic heterocycles. The highest BCUT2D eigenvalue weighted by molar-refractivity contribution is 7.47. The van der Waals surface area contributed by atoms with Crippen LogP contribution in [0.1, 0.15) is 323 Å². The zero-order chi connectivity index (χ0) is 77.4. The van der Waals surface area contributed by atoms with E-state index < -0.39 is 97.5 Å². The molecule has 0 aliphatic rings. The smallest absolute Gasteiger partial charge is 0.462 e. The molecular weight excluding hydrogens is 1380 g/mol. The highest BCUT2D eigenvalue weighted by Crippen LogP contribution is 2.45. The number of phosphoric acid groups is 2. The number of hydrogen-bond donors (Lipinski definition) is 3. The van der Waals surface area contributed by atoms with Crippen molar-refractivity contribution in [3.8, 4) is 0 Å². The fourth-order valence-corrected chi connectivity index (χ4v) is 12.1. The summed E-state index contributed by atoms with van der Waals surface area (Å²) in [6, 6.07) is 0. The average molecular weight is 1530 g/mol. The lowest BCUT2D eigenvalue weighted by Gasteiger charge is -2.21. The molecule has 5 atom stereocenters.